The van der Waals surface area contributed by atoms with E-state index in [1.807, 2.05) is 11.8 Å². The quantitative estimate of drug-likeness (QED) is 0.833. The Bertz CT molecular complexity index is 289. The molecule has 1 saturated heterocycles. The molecular formula is C14H26N2S. The molecular weight excluding hydrogens is 228 g/mol. The standard InChI is InChI=1S/C14H26N2S/c1-10(11-5-6-11)9-15-13-16-12(7-8-17-13)14(2,3)4/h10-12H,5-9H2,1-4H3,(H,15,16). The first-order chi connectivity index (χ1) is 7.97. The molecule has 2 rings (SSSR count). The zero-order valence-electron chi connectivity index (χ0n) is 11.6. The molecule has 2 nitrogen and oxygen atoms in total. The average Bonchev–Trinajstić information content (AvgIpc) is 3.09. The number of aliphatic imine (C=N–C) groups is 1. The molecule has 1 aliphatic heterocycles. The largest absolute Gasteiger partial charge is 0.362 e. The summed E-state index contributed by atoms with van der Waals surface area (Å²) in [6.07, 6.45) is 4.11. The highest BCUT2D eigenvalue weighted by molar-refractivity contribution is 8.13. The molecule has 2 unspecified atom stereocenters. The highest BCUT2D eigenvalue weighted by Crippen LogP contribution is 2.36. The van der Waals surface area contributed by atoms with E-state index in [-0.39, 0.29) is 0 Å². The summed E-state index contributed by atoms with van der Waals surface area (Å²) in [4.78, 5) is 4.78. The Morgan fingerprint density at radius 3 is 2.65 bits per heavy atom. The van der Waals surface area contributed by atoms with E-state index in [1.54, 1.807) is 0 Å². The number of hydrogen-bond donors (Lipinski definition) is 1. The lowest BCUT2D eigenvalue weighted by molar-refractivity contribution is 0.290. The summed E-state index contributed by atoms with van der Waals surface area (Å²) in [6, 6.07) is 0.582. The summed E-state index contributed by atoms with van der Waals surface area (Å²) in [6.45, 7) is 10.3. The van der Waals surface area contributed by atoms with Gasteiger partial charge in [0.2, 0.25) is 0 Å². The second-order valence-corrected chi connectivity index (χ2v) is 7.74. The van der Waals surface area contributed by atoms with Crippen LogP contribution in [-0.2, 0) is 0 Å². The molecule has 0 bridgehead atoms. The molecule has 1 aliphatic carbocycles. The van der Waals surface area contributed by atoms with Crippen molar-refractivity contribution in [3.8, 4) is 0 Å². The number of nitrogens with one attached hydrogen (secondary N) is 1. The summed E-state index contributed by atoms with van der Waals surface area (Å²) in [7, 11) is 0. The lowest BCUT2D eigenvalue weighted by Gasteiger charge is -2.35. The number of amidine groups is 1. The predicted molar refractivity (Wildman–Crippen MR) is 77.6 cm³/mol. The molecule has 17 heavy (non-hydrogen) atoms. The third-order valence-corrected chi connectivity index (χ3v) is 4.90. The highest BCUT2D eigenvalue weighted by atomic mass is 32.2. The van der Waals surface area contributed by atoms with Gasteiger partial charge in [0.1, 0.15) is 0 Å². The fourth-order valence-electron chi connectivity index (χ4n) is 2.32. The van der Waals surface area contributed by atoms with E-state index < -0.39 is 0 Å². The molecule has 0 aromatic rings. The van der Waals surface area contributed by atoms with E-state index in [1.165, 1.54) is 30.2 Å². The lowest BCUT2D eigenvalue weighted by Crippen LogP contribution is -2.46. The lowest BCUT2D eigenvalue weighted by atomic mass is 9.85. The number of thioether (sulfide) groups is 1. The van der Waals surface area contributed by atoms with E-state index in [2.05, 4.69) is 33.0 Å². The van der Waals surface area contributed by atoms with Gasteiger partial charge in [0.05, 0.1) is 0 Å². The minimum atomic E-state index is 0.337. The van der Waals surface area contributed by atoms with Gasteiger partial charge in [-0.15, -0.1) is 0 Å². The summed E-state index contributed by atoms with van der Waals surface area (Å²) < 4.78 is 0. The van der Waals surface area contributed by atoms with Gasteiger partial charge < -0.3 is 5.32 Å². The average molecular weight is 254 g/mol. The van der Waals surface area contributed by atoms with Gasteiger partial charge in [-0.05, 0) is 36.5 Å². The van der Waals surface area contributed by atoms with E-state index in [0.717, 1.165) is 18.4 Å². The Hall–Kier alpha value is -0.180. The van der Waals surface area contributed by atoms with Crippen molar-refractivity contribution in [2.24, 2.45) is 22.2 Å². The van der Waals surface area contributed by atoms with Crippen LogP contribution >= 0.6 is 11.8 Å². The molecule has 2 fully saturated rings. The van der Waals surface area contributed by atoms with Crippen LogP contribution < -0.4 is 5.32 Å². The van der Waals surface area contributed by atoms with Crippen LogP contribution in [0.1, 0.15) is 47.0 Å². The summed E-state index contributed by atoms with van der Waals surface area (Å²) in [5, 5.41) is 4.81. The van der Waals surface area contributed by atoms with Gasteiger partial charge in [0, 0.05) is 18.3 Å². The molecule has 1 N–H and O–H groups in total. The van der Waals surface area contributed by atoms with Crippen LogP contribution in [0.2, 0.25) is 0 Å². The van der Waals surface area contributed by atoms with Crippen LogP contribution in [0.4, 0.5) is 0 Å². The van der Waals surface area contributed by atoms with Gasteiger partial charge >= 0.3 is 0 Å². The van der Waals surface area contributed by atoms with Gasteiger partial charge in [-0.2, -0.15) is 0 Å². The van der Waals surface area contributed by atoms with Crippen LogP contribution in [0.15, 0.2) is 4.99 Å². The van der Waals surface area contributed by atoms with Crippen LogP contribution in [0, 0.1) is 17.3 Å². The van der Waals surface area contributed by atoms with E-state index >= 15 is 0 Å². The monoisotopic (exact) mass is 254 g/mol. The molecule has 1 heterocycles. The Morgan fingerprint density at radius 1 is 1.35 bits per heavy atom. The third kappa shape index (κ3) is 3.90. The Morgan fingerprint density at radius 2 is 2.06 bits per heavy atom. The first kappa shape index (κ1) is 13.3. The third-order valence-electron chi connectivity index (χ3n) is 3.94. The minimum absolute atomic E-state index is 0.337. The predicted octanol–water partition coefficient (Wildman–Crippen LogP) is 3.53. The maximum absolute atomic E-state index is 4.78. The van der Waals surface area contributed by atoms with E-state index in [4.69, 9.17) is 4.99 Å². The molecule has 2 aliphatic rings. The summed E-state index contributed by atoms with van der Waals surface area (Å²) >= 11 is 1.90. The van der Waals surface area contributed by atoms with E-state index in [0.29, 0.717) is 11.5 Å². The molecule has 0 amide bonds. The Balaban J connectivity index is 1.85. The maximum atomic E-state index is 4.78. The van der Waals surface area contributed by atoms with E-state index in [9.17, 15) is 0 Å². The van der Waals surface area contributed by atoms with Crippen molar-refractivity contribution in [1.29, 1.82) is 0 Å². The second kappa shape index (κ2) is 5.21. The normalized spacial score (nSPS) is 30.1. The van der Waals surface area contributed by atoms with Crippen LogP contribution in [0.3, 0.4) is 0 Å². The molecule has 0 aromatic heterocycles. The van der Waals surface area contributed by atoms with Gasteiger partial charge in [-0.25, -0.2) is 0 Å². The topological polar surface area (TPSA) is 24.4 Å². The Kier molecular flexibility index (Phi) is 4.06. The minimum Gasteiger partial charge on any atom is -0.362 e. The number of hydrogen-bond acceptors (Lipinski definition) is 2. The fraction of sp³-hybridized carbons (Fsp3) is 0.929. The van der Waals surface area contributed by atoms with Gasteiger partial charge in [-0.1, -0.05) is 39.5 Å². The van der Waals surface area contributed by atoms with Crippen LogP contribution in [-0.4, -0.2) is 23.5 Å². The summed E-state index contributed by atoms with van der Waals surface area (Å²) in [5.74, 6) is 2.96. The molecule has 0 spiro atoms. The number of nitrogens with zero attached hydrogens (tertiary/aromatic N) is 1. The van der Waals surface area contributed by atoms with Crippen molar-refractivity contribution < 1.29 is 0 Å². The van der Waals surface area contributed by atoms with Crippen molar-refractivity contribution in [1.82, 2.24) is 5.32 Å². The first-order valence-corrected chi connectivity index (χ1v) is 7.89. The van der Waals surface area contributed by atoms with Crippen molar-refractivity contribution in [3.63, 3.8) is 0 Å². The Labute approximate surface area is 110 Å². The molecule has 1 saturated carbocycles. The fourth-order valence-corrected chi connectivity index (χ4v) is 3.26. The van der Waals surface area contributed by atoms with Crippen molar-refractivity contribution in [3.05, 3.63) is 0 Å². The number of rotatable bonds is 3. The summed E-state index contributed by atoms with van der Waals surface area (Å²) in [5.41, 5.74) is 0.337. The smallest absolute Gasteiger partial charge is 0.156 e. The zero-order valence-corrected chi connectivity index (χ0v) is 12.4. The van der Waals surface area contributed by atoms with Gasteiger partial charge in [-0.3, -0.25) is 4.99 Å². The first-order valence-electron chi connectivity index (χ1n) is 6.90. The van der Waals surface area contributed by atoms with Crippen molar-refractivity contribution in [2.45, 2.75) is 53.0 Å². The van der Waals surface area contributed by atoms with Crippen molar-refractivity contribution >= 4 is 16.9 Å². The SMILES string of the molecule is CC(CN=C1NC(C(C)(C)C)CCS1)C1CC1. The zero-order chi connectivity index (χ0) is 12.5. The highest BCUT2D eigenvalue weighted by Gasteiger charge is 2.30. The molecule has 98 valence electrons. The van der Waals surface area contributed by atoms with Gasteiger partial charge in [0.25, 0.3) is 0 Å². The van der Waals surface area contributed by atoms with Crippen molar-refractivity contribution in [2.75, 3.05) is 12.3 Å². The molecule has 0 radical (unpaired) electrons. The van der Waals surface area contributed by atoms with Crippen LogP contribution in [0.5, 0.6) is 0 Å². The molecule has 0 aromatic carbocycles. The molecule has 2 atom stereocenters. The second-order valence-electron chi connectivity index (χ2n) is 6.66. The van der Waals surface area contributed by atoms with Crippen LogP contribution in [0.25, 0.3) is 0 Å². The maximum Gasteiger partial charge on any atom is 0.156 e. The molecule has 3 heteroatoms. The van der Waals surface area contributed by atoms with Gasteiger partial charge in [0.15, 0.2) is 5.17 Å².